The van der Waals surface area contributed by atoms with Gasteiger partial charge in [0.1, 0.15) is 0 Å². The summed E-state index contributed by atoms with van der Waals surface area (Å²) in [6.07, 6.45) is 0. The zero-order chi connectivity index (χ0) is 6.57. The molecule has 0 unspecified atom stereocenters. The average molecular weight is 119 g/mol. The molecule has 0 aromatic carbocycles. The Hall–Kier alpha value is -0.110. The summed E-state index contributed by atoms with van der Waals surface area (Å²) in [5.74, 6) is 0.431. The molecule has 0 atom stereocenters. The summed E-state index contributed by atoms with van der Waals surface area (Å²) in [4.78, 5) is 0. The van der Waals surface area contributed by atoms with Crippen LogP contribution in [0.1, 0.15) is 20.8 Å². The Morgan fingerprint density at radius 2 is 2.00 bits per heavy atom. The fourth-order valence-electron chi connectivity index (χ4n) is 0.525. The molecule has 0 amide bonds. The fourth-order valence-corrected chi connectivity index (χ4v) is 0.525. The lowest BCUT2D eigenvalue weighted by Crippen LogP contribution is -2.18. The molecule has 0 aliphatic rings. The number of nitrogens with zero attached hydrogens (tertiary/aromatic N) is 1. The predicted octanol–water partition coefficient (Wildman–Crippen LogP) is 1.85. The fraction of sp³-hybridized carbons (Fsp3) is 1.00. The molecule has 50 valence electrons. The van der Waals surface area contributed by atoms with Crippen molar-refractivity contribution in [3.63, 3.8) is 0 Å². The summed E-state index contributed by atoms with van der Waals surface area (Å²) in [5.41, 5.74) is 0. The first-order valence-corrected chi connectivity index (χ1v) is 3.07. The van der Waals surface area contributed by atoms with E-state index in [9.17, 15) is 4.48 Å². The maximum atomic E-state index is 12.2. The standard InChI is InChI=1S/C6H14FN/c1-4-8(7)5-6(2)3/h6H,4-5H2,1-3H3. The van der Waals surface area contributed by atoms with E-state index in [-0.39, 0.29) is 0 Å². The van der Waals surface area contributed by atoms with Gasteiger partial charge in [-0.25, -0.2) is 0 Å². The normalized spacial score (nSPS) is 11.2. The first-order chi connectivity index (χ1) is 3.66. The molecule has 0 rings (SSSR count). The minimum Gasteiger partial charge on any atom is -0.146 e. The van der Waals surface area contributed by atoms with Gasteiger partial charge in [-0.15, -0.1) is 9.60 Å². The lowest BCUT2D eigenvalue weighted by atomic mass is 10.2. The van der Waals surface area contributed by atoms with Crippen LogP contribution in [0, 0.1) is 5.92 Å². The molecule has 0 bridgehead atoms. The second-order valence-electron chi connectivity index (χ2n) is 2.36. The summed E-state index contributed by atoms with van der Waals surface area (Å²) < 4.78 is 12.2. The van der Waals surface area contributed by atoms with Crippen molar-refractivity contribution in [1.29, 1.82) is 0 Å². The Labute approximate surface area is 50.4 Å². The first-order valence-electron chi connectivity index (χ1n) is 3.07. The molecule has 0 radical (unpaired) electrons. The maximum Gasteiger partial charge on any atom is 0.0313 e. The maximum absolute atomic E-state index is 12.2. The van der Waals surface area contributed by atoms with Crippen LogP contribution in [0.3, 0.4) is 0 Å². The number of rotatable bonds is 3. The molecule has 0 fully saturated rings. The zero-order valence-electron chi connectivity index (χ0n) is 5.82. The minimum atomic E-state index is 0.431. The Balaban J connectivity index is 3.10. The van der Waals surface area contributed by atoms with Crippen LogP contribution in [-0.2, 0) is 0 Å². The molecule has 0 N–H and O–H groups in total. The van der Waals surface area contributed by atoms with Crippen LogP contribution >= 0.6 is 0 Å². The minimum absolute atomic E-state index is 0.431. The van der Waals surface area contributed by atoms with E-state index in [1.54, 1.807) is 0 Å². The van der Waals surface area contributed by atoms with Gasteiger partial charge < -0.3 is 0 Å². The summed E-state index contributed by atoms with van der Waals surface area (Å²) in [6.45, 7) is 6.86. The lowest BCUT2D eigenvalue weighted by Gasteiger charge is -2.10. The first kappa shape index (κ1) is 7.89. The zero-order valence-corrected chi connectivity index (χ0v) is 5.82. The highest BCUT2D eigenvalue weighted by Gasteiger charge is 2.00. The summed E-state index contributed by atoms with van der Waals surface area (Å²) >= 11 is 0. The smallest absolute Gasteiger partial charge is 0.0313 e. The van der Waals surface area contributed by atoms with Crippen molar-refractivity contribution < 1.29 is 4.48 Å². The van der Waals surface area contributed by atoms with Gasteiger partial charge in [0, 0.05) is 13.1 Å². The molecule has 1 nitrogen and oxygen atoms in total. The van der Waals surface area contributed by atoms with Crippen molar-refractivity contribution in [1.82, 2.24) is 5.12 Å². The van der Waals surface area contributed by atoms with E-state index in [4.69, 9.17) is 0 Å². The summed E-state index contributed by atoms with van der Waals surface area (Å²) in [6, 6.07) is 0. The summed E-state index contributed by atoms with van der Waals surface area (Å²) in [7, 11) is 0. The van der Waals surface area contributed by atoms with Crippen molar-refractivity contribution in [2.24, 2.45) is 5.92 Å². The monoisotopic (exact) mass is 119 g/mol. The molecule has 0 saturated heterocycles. The van der Waals surface area contributed by atoms with Crippen molar-refractivity contribution in [2.45, 2.75) is 20.8 Å². The van der Waals surface area contributed by atoms with Crippen LogP contribution in [-0.4, -0.2) is 18.2 Å². The van der Waals surface area contributed by atoms with Crippen molar-refractivity contribution >= 4 is 0 Å². The molecule has 8 heavy (non-hydrogen) atoms. The van der Waals surface area contributed by atoms with Gasteiger partial charge in [0.05, 0.1) is 0 Å². The van der Waals surface area contributed by atoms with E-state index in [0.717, 1.165) is 5.12 Å². The molecule has 0 aliphatic carbocycles. The van der Waals surface area contributed by atoms with Crippen molar-refractivity contribution in [3.8, 4) is 0 Å². The van der Waals surface area contributed by atoms with Gasteiger partial charge in [0.15, 0.2) is 0 Å². The average Bonchev–Trinajstić information content (AvgIpc) is 1.65. The van der Waals surface area contributed by atoms with Gasteiger partial charge in [-0.1, -0.05) is 13.8 Å². The molecule has 0 aliphatic heterocycles. The quantitative estimate of drug-likeness (QED) is 0.512. The largest absolute Gasteiger partial charge is 0.146 e. The second-order valence-corrected chi connectivity index (χ2v) is 2.36. The molecule has 2 heteroatoms. The van der Waals surface area contributed by atoms with E-state index >= 15 is 0 Å². The van der Waals surface area contributed by atoms with E-state index < -0.39 is 0 Å². The van der Waals surface area contributed by atoms with Crippen molar-refractivity contribution in [3.05, 3.63) is 0 Å². The number of halogens is 1. The van der Waals surface area contributed by atoms with Crippen LogP contribution in [0.4, 0.5) is 4.48 Å². The van der Waals surface area contributed by atoms with Crippen LogP contribution < -0.4 is 0 Å². The van der Waals surface area contributed by atoms with E-state index in [0.29, 0.717) is 19.0 Å². The Bertz CT molecular complexity index is 54.5. The van der Waals surface area contributed by atoms with Gasteiger partial charge in [-0.3, -0.25) is 0 Å². The predicted molar refractivity (Wildman–Crippen MR) is 33.2 cm³/mol. The van der Waals surface area contributed by atoms with Gasteiger partial charge in [0.2, 0.25) is 0 Å². The third-order valence-corrected chi connectivity index (χ3v) is 0.906. The topological polar surface area (TPSA) is 3.24 Å². The van der Waals surface area contributed by atoms with E-state index in [2.05, 4.69) is 0 Å². The molecule has 0 aromatic heterocycles. The molecular weight excluding hydrogens is 105 g/mol. The molecule has 0 aromatic rings. The Morgan fingerprint density at radius 1 is 1.50 bits per heavy atom. The molecule has 0 heterocycles. The molecule has 0 spiro atoms. The summed E-state index contributed by atoms with van der Waals surface area (Å²) in [5, 5.41) is 0.824. The van der Waals surface area contributed by atoms with Crippen LogP contribution in [0.15, 0.2) is 0 Å². The lowest BCUT2D eigenvalue weighted by molar-refractivity contribution is 0.0197. The van der Waals surface area contributed by atoms with Gasteiger partial charge in [-0.2, -0.15) is 0 Å². The SMILES string of the molecule is CCN(F)CC(C)C. The highest BCUT2D eigenvalue weighted by atomic mass is 19.2. The van der Waals surface area contributed by atoms with Gasteiger partial charge in [0.25, 0.3) is 0 Å². The molecular formula is C6H14FN. The van der Waals surface area contributed by atoms with Crippen LogP contribution in [0.25, 0.3) is 0 Å². The van der Waals surface area contributed by atoms with Crippen molar-refractivity contribution in [2.75, 3.05) is 13.1 Å². The van der Waals surface area contributed by atoms with E-state index in [1.807, 2.05) is 20.8 Å². The highest BCUT2D eigenvalue weighted by molar-refractivity contribution is 4.45. The number of hydrogen-bond donors (Lipinski definition) is 0. The molecule has 0 saturated carbocycles. The van der Waals surface area contributed by atoms with Gasteiger partial charge >= 0.3 is 0 Å². The highest BCUT2D eigenvalue weighted by Crippen LogP contribution is 1.96. The van der Waals surface area contributed by atoms with Crippen LogP contribution in [0.5, 0.6) is 0 Å². The third kappa shape index (κ3) is 4.06. The Kier molecular flexibility index (Phi) is 3.79. The second kappa shape index (κ2) is 3.84. The van der Waals surface area contributed by atoms with E-state index in [1.165, 1.54) is 0 Å². The third-order valence-electron chi connectivity index (χ3n) is 0.906. The van der Waals surface area contributed by atoms with Gasteiger partial charge in [-0.05, 0) is 12.8 Å². The van der Waals surface area contributed by atoms with Crippen LogP contribution in [0.2, 0.25) is 0 Å². The number of hydrogen-bond acceptors (Lipinski definition) is 1. The Morgan fingerprint density at radius 3 is 2.12 bits per heavy atom.